The van der Waals surface area contributed by atoms with Crippen molar-refractivity contribution in [2.45, 2.75) is 0 Å². The van der Waals surface area contributed by atoms with Gasteiger partial charge in [-0.2, -0.15) is 0 Å². The first-order valence-electron chi connectivity index (χ1n) is 13.5. The van der Waals surface area contributed by atoms with E-state index in [-0.39, 0.29) is 5.56 Å². The Labute approximate surface area is 236 Å². The van der Waals surface area contributed by atoms with E-state index in [1.165, 1.54) is 21.8 Å². The van der Waals surface area contributed by atoms with E-state index in [0.717, 1.165) is 22.5 Å². The first kappa shape index (κ1) is 24.5. The number of aromatic amines is 1. The predicted octanol–water partition coefficient (Wildman–Crippen LogP) is 7.32. The molecule has 6 nitrogen and oxygen atoms in total. The molecular weight excluding hydrogens is 506 g/mol. The highest BCUT2D eigenvalue weighted by atomic mass is 16.1. The fourth-order valence-corrected chi connectivity index (χ4v) is 5.33. The average Bonchev–Trinajstić information content (AvgIpc) is 3.35. The van der Waals surface area contributed by atoms with Gasteiger partial charge in [0.25, 0.3) is 5.56 Å². The van der Waals surface area contributed by atoms with Gasteiger partial charge in [-0.25, -0.2) is 4.98 Å². The number of pyridine rings is 1. The Morgan fingerprint density at radius 1 is 0.732 bits per heavy atom. The first-order valence-corrected chi connectivity index (χ1v) is 13.5. The van der Waals surface area contributed by atoms with Crippen molar-refractivity contribution in [2.75, 3.05) is 19.0 Å². The maximum Gasteiger partial charge on any atom is 0.259 e. The molecule has 0 spiro atoms. The van der Waals surface area contributed by atoms with Crippen LogP contribution in [0.25, 0.3) is 62.1 Å². The molecule has 0 aliphatic carbocycles. The lowest BCUT2D eigenvalue weighted by molar-refractivity contribution is 1.12. The molecule has 0 unspecified atom stereocenters. The lowest BCUT2D eigenvalue weighted by atomic mass is 10.1. The molecule has 0 aliphatic heterocycles. The van der Waals surface area contributed by atoms with Gasteiger partial charge >= 0.3 is 0 Å². The number of para-hydroxylation sites is 2. The average molecular weight is 534 g/mol. The molecule has 4 aromatic carbocycles. The molecule has 3 aromatic heterocycles. The fourth-order valence-electron chi connectivity index (χ4n) is 5.33. The number of fused-ring (bicyclic) bond motifs is 4. The number of H-pyrrole nitrogens is 1. The minimum atomic E-state index is -0.181. The van der Waals surface area contributed by atoms with Gasteiger partial charge in [-0.1, -0.05) is 60.7 Å². The molecule has 0 saturated heterocycles. The standard InChI is InChI=1S/C35H27N5O/c1-39(2)26-17-18-30-29(22-26)35(41)38-34(37-30)31-21-24(19-20-36-31)12-11-23-13-15-25(16-14-23)40-32-9-5-3-7-27(32)28-8-4-6-10-33(28)40/h3-22H,1-2H3,(H,37,38,41)/b12-11+. The Balaban J connectivity index is 1.18. The van der Waals surface area contributed by atoms with Crippen LogP contribution in [0.15, 0.2) is 114 Å². The van der Waals surface area contributed by atoms with Crippen LogP contribution in [-0.2, 0) is 0 Å². The Morgan fingerprint density at radius 2 is 1.41 bits per heavy atom. The molecule has 0 radical (unpaired) electrons. The summed E-state index contributed by atoms with van der Waals surface area (Å²) in [4.78, 5) is 26.9. The summed E-state index contributed by atoms with van der Waals surface area (Å²) in [5.41, 5.74) is 7.58. The molecule has 6 heteroatoms. The van der Waals surface area contributed by atoms with E-state index in [4.69, 9.17) is 0 Å². The molecule has 1 N–H and O–H groups in total. The summed E-state index contributed by atoms with van der Waals surface area (Å²) in [5, 5.41) is 3.06. The monoisotopic (exact) mass is 533 g/mol. The van der Waals surface area contributed by atoms with Crippen molar-refractivity contribution in [1.82, 2.24) is 19.5 Å². The molecule has 0 fully saturated rings. The number of hydrogen-bond acceptors (Lipinski definition) is 4. The quantitative estimate of drug-likeness (QED) is 0.252. The summed E-state index contributed by atoms with van der Waals surface area (Å²) >= 11 is 0. The van der Waals surface area contributed by atoms with Crippen molar-refractivity contribution >= 4 is 50.5 Å². The highest BCUT2D eigenvalue weighted by Gasteiger charge is 2.11. The lowest BCUT2D eigenvalue weighted by Crippen LogP contribution is -2.13. The maximum atomic E-state index is 12.8. The number of nitrogens with zero attached hydrogens (tertiary/aromatic N) is 4. The second-order valence-corrected chi connectivity index (χ2v) is 10.3. The molecule has 0 aliphatic rings. The number of rotatable bonds is 5. The van der Waals surface area contributed by atoms with E-state index in [2.05, 4.69) is 98.4 Å². The molecule has 41 heavy (non-hydrogen) atoms. The maximum absolute atomic E-state index is 12.8. The summed E-state index contributed by atoms with van der Waals surface area (Å²) in [6.45, 7) is 0. The summed E-state index contributed by atoms with van der Waals surface area (Å²) in [7, 11) is 3.89. The third kappa shape index (κ3) is 4.45. The van der Waals surface area contributed by atoms with Crippen LogP contribution in [0, 0.1) is 0 Å². The highest BCUT2D eigenvalue weighted by Crippen LogP contribution is 2.31. The molecule has 7 rings (SSSR count). The van der Waals surface area contributed by atoms with Crippen molar-refractivity contribution in [3.8, 4) is 17.2 Å². The summed E-state index contributed by atoms with van der Waals surface area (Å²) < 4.78 is 2.31. The van der Waals surface area contributed by atoms with E-state index in [1.807, 2.05) is 55.4 Å². The topological polar surface area (TPSA) is 66.8 Å². The van der Waals surface area contributed by atoms with Crippen LogP contribution in [0.1, 0.15) is 11.1 Å². The number of aromatic nitrogens is 4. The van der Waals surface area contributed by atoms with Crippen molar-refractivity contribution in [3.05, 3.63) is 131 Å². The van der Waals surface area contributed by atoms with Crippen molar-refractivity contribution < 1.29 is 0 Å². The van der Waals surface area contributed by atoms with Gasteiger partial charge < -0.3 is 14.5 Å². The number of anilines is 1. The van der Waals surface area contributed by atoms with Crippen LogP contribution in [-0.4, -0.2) is 33.6 Å². The first-order chi connectivity index (χ1) is 20.0. The highest BCUT2D eigenvalue weighted by molar-refractivity contribution is 6.09. The van der Waals surface area contributed by atoms with Crippen LogP contribution in [0.2, 0.25) is 0 Å². The smallest absolute Gasteiger partial charge is 0.259 e. The zero-order chi connectivity index (χ0) is 27.9. The van der Waals surface area contributed by atoms with E-state index < -0.39 is 0 Å². The molecule has 0 amide bonds. The minimum Gasteiger partial charge on any atom is -0.378 e. The molecule has 198 valence electrons. The third-order valence-electron chi connectivity index (χ3n) is 7.43. The van der Waals surface area contributed by atoms with Gasteiger partial charge in [-0.15, -0.1) is 0 Å². The van der Waals surface area contributed by atoms with Crippen LogP contribution in [0.4, 0.5) is 5.69 Å². The summed E-state index contributed by atoms with van der Waals surface area (Å²) in [6.07, 6.45) is 5.86. The van der Waals surface area contributed by atoms with E-state index in [1.54, 1.807) is 6.20 Å². The van der Waals surface area contributed by atoms with Crippen LogP contribution in [0.3, 0.4) is 0 Å². The van der Waals surface area contributed by atoms with E-state index in [9.17, 15) is 4.79 Å². The molecule has 7 aromatic rings. The summed E-state index contributed by atoms with van der Waals surface area (Å²) in [6, 6.07) is 35.2. The van der Waals surface area contributed by atoms with Gasteiger partial charge in [0.15, 0.2) is 5.82 Å². The van der Waals surface area contributed by atoms with Gasteiger partial charge in [0.05, 0.1) is 21.9 Å². The molecule has 0 bridgehead atoms. The van der Waals surface area contributed by atoms with Crippen LogP contribution in [0.5, 0.6) is 0 Å². The molecular formula is C35H27N5O. The lowest BCUT2D eigenvalue weighted by Gasteiger charge is -2.12. The normalized spacial score (nSPS) is 11.7. The number of benzene rings is 4. The van der Waals surface area contributed by atoms with Gasteiger partial charge in [0.1, 0.15) is 5.69 Å². The second-order valence-electron chi connectivity index (χ2n) is 10.3. The van der Waals surface area contributed by atoms with Crippen molar-refractivity contribution in [3.63, 3.8) is 0 Å². The Hall–Kier alpha value is -5.49. The third-order valence-corrected chi connectivity index (χ3v) is 7.43. The fraction of sp³-hybridized carbons (Fsp3) is 0.0571. The van der Waals surface area contributed by atoms with Gasteiger partial charge in [-0.05, 0) is 65.7 Å². The summed E-state index contributed by atoms with van der Waals surface area (Å²) in [5.74, 6) is 0.450. The predicted molar refractivity (Wildman–Crippen MR) is 170 cm³/mol. The molecule has 0 saturated carbocycles. The largest absolute Gasteiger partial charge is 0.378 e. The number of hydrogen-bond donors (Lipinski definition) is 1. The van der Waals surface area contributed by atoms with Crippen molar-refractivity contribution in [1.29, 1.82) is 0 Å². The second kappa shape index (κ2) is 9.92. The van der Waals surface area contributed by atoms with Gasteiger partial charge in [-0.3, -0.25) is 9.78 Å². The van der Waals surface area contributed by atoms with Crippen LogP contribution >= 0.6 is 0 Å². The van der Waals surface area contributed by atoms with Crippen LogP contribution < -0.4 is 10.5 Å². The van der Waals surface area contributed by atoms with E-state index in [0.29, 0.717) is 22.4 Å². The van der Waals surface area contributed by atoms with Crippen molar-refractivity contribution in [2.24, 2.45) is 0 Å². The SMILES string of the molecule is CN(C)c1ccc2nc(-c3cc(/C=C/c4ccc(-n5c6ccccc6c6ccccc65)cc4)ccn3)[nH]c(=O)c2c1. The van der Waals surface area contributed by atoms with Gasteiger partial charge in [0, 0.05) is 42.4 Å². The zero-order valence-electron chi connectivity index (χ0n) is 22.7. The Bertz CT molecular complexity index is 2100. The molecule has 3 heterocycles. The zero-order valence-corrected chi connectivity index (χ0v) is 22.7. The Morgan fingerprint density at radius 3 is 2.12 bits per heavy atom. The minimum absolute atomic E-state index is 0.181. The molecule has 0 atom stereocenters. The van der Waals surface area contributed by atoms with E-state index >= 15 is 0 Å². The van der Waals surface area contributed by atoms with Gasteiger partial charge in [0.2, 0.25) is 0 Å². The Kier molecular flexibility index (Phi) is 5.94. The number of nitrogens with one attached hydrogen (secondary N) is 1.